The van der Waals surface area contributed by atoms with Crippen molar-refractivity contribution >= 4 is 0 Å². The Hall–Kier alpha value is -1.22. The van der Waals surface area contributed by atoms with Crippen LogP contribution in [0.5, 0.6) is 11.5 Å². The maximum atomic E-state index is 5.77. The van der Waals surface area contributed by atoms with Crippen LogP contribution >= 0.6 is 0 Å². The standard InChI is InChI=1S/C17H29NO2/c1-4-6-7-8-11-18-12-13-20-16-10-9-15(5-2)14-17(16)19-3/h9-10,14,18H,4-8,11-13H2,1-3H3. The van der Waals surface area contributed by atoms with Crippen molar-refractivity contribution in [3.63, 3.8) is 0 Å². The second-order valence-corrected chi connectivity index (χ2v) is 5.00. The summed E-state index contributed by atoms with van der Waals surface area (Å²) in [6.45, 7) is 7.01. The quantitative estimate of drug-likeness (QED) is 0.625. The molecule has 0 aliphatic rings. The minimum Gasteiger partial charge on any atom is -0.493 e. The molecule has 3 heteroatoms. The first-order chi connectivity index (χ1) is 9.81. The fourth-order valence-corrected chi connectivity index (χ4v) is 2.09. The molecule has 0 aliphatic carbocycles. The highest BCUT2D eigenvalue weighted by Crippen LogP contribution is 2.28. The van der Waals surface area contributed by atoms with E-state index in [1.54, 1.807) is 7.11 Å². The Morgan fingerprint density at radius 1 is 1.00 bits per heavy atom. The van der Waals surface area contributed by atoms with Gasteiger partial charge in [-0.05, 0) is 37.1 Å². The zero-order valence-corrected chi connectivity index (χ0v) is 13.2. The number of benzene rings is 1. The van der Waals surface area contributed by atoms with Crippen LogP contribution in [0.25, 0.3) is 0 Å². The lowest BCUT2D eigenvalue weighted by atomic mass is 10.1. The summed E-state index contributed by atoms with van der Waals surface area (Å²) in [6.07, 6.45) is 6.20. The van der Waals surface area contributed by atoms with E-state index >= 15 is 0 Å². The van der Waals surface area contributed by atoms with Crippen LogP contribution in [0, 0.1) is 0 Å². The molecule has 0 amide bonds. The zero-order valence-electron chi connectivity index (χ0n) is 13.2. The molecule has 1 N–H and O–H groups in total. The first kappa shape index (κ1) is 16.8. The summed E-state index contributed by atoms with van der Waals surface area (Å²) in [4.78, 5) is 0. The number of aryl methyl sites for hydroxylation is 1. The van der Waals surface area contributed by atoms with Gasteiger partial charge in [-0.2, -0.15) is 0 Å². The third-order valence-corrected chi connectivity index (χ3v) is 3.38. The Labute approximate surface area is 123 Å². The largest absolute Gasteiger partial charge is 0.493 e. The minimum absolute atomic E-state index is 0.676. The number of ether oxygens (including phenoxy) is 2. The van der Waals surface area contributed by atoms with Crippen LogP contribution < -0.4 is 14.8 Å². The van der Waals surface area contributed by atoms with E-state index in [4.69, 9.17) is 9.47 Å². The number of unbranched alkanes of at least 4 members (excludes halogenated alkanes) is 3. The molecule has 0 aliphatic heterocycles. The van der Waals surface area contributed by atoms with E-state index in [1.807, 2.05) is 12.1 Å². The summed E-state index contributed by atoms with van der Waals surface area (Å²) < 4.78 is 11.1. The van der Waals surface area contributed by atoms with E-state index in [9.17, 15) is 0 Å². The number of nitrogens with one attached hydrogen (secondary N) is 1. The van der Waals surface area contributed by atoms with Crippen LogP contribution in [0.3, 0.4) is 0 Å². The van der Waals surface area contributed by atoms with Crippen LogP contribution in [0.1, 0.15) is 45.1 Å². The maximum absolute atomic E-state index is 5.77. The Balaban J connectivity index is 2.21. The van der Waals surface area contributed by atoms with E-state index in [2.05, 4.69) is 25.2 Å². The molecule has 0 aromatic heterocycles. The van der Waals surface area contributed by atoms with Crippen molar-refractivity contribution in [2.75, 3.05) is 26.8 Å². The average Bonchev–Trinajstić information content (AvgIpc) is 2.50. The van der Waals surface area contributed by atoms with Crippen molar-refractivity contribution < 1.29 is 9.47 Å². The summed E-state index contributed by atoms with van der Waals surface area (Å²) in [5.41, 5.74) is 1.27. The molecule has 3 nitrogen and oxygen atoms in total. The van der Waals surface area contributed by atoms with Crippen LogP contribution in [0.15, 0.2) is 18.2 Å². The lowest BCUT2D eigenvalue weighted by Gasteiger charge is -2.12. The molecule has 1 aromatic carbocycles. The maximum Gasteiger partial charge on any atom is 0.161 e. The Kier molecular flexibility index (Phi) is 8.88. The second-order valence-electron chi connectivity index (χ2n) is 5.00. The molecule has 114 valence electrons. The summed E-state index contributed by atoms with van der Waals surface area (Å²) in [7, 11) is 1.69. The van der Waals surface area contributed by atoms with Gasteiger partial charge in [0.15, 0.2) is 11.5 Å². The fourth-order valence-electron chi connectivity index (χ4n) is 2.09. The molecule has 1 aromatic rings. The summed E-state index contributed by atoms with van der Waals surface area (Å²) in [5.74, 6) is 1.66. The van der Waals surface area contributed by atoms with Gasteiger partial charge in [0.25, 0.3) is 0 Å². The monoisotopic (exact) mass is 279 g/mol. The van der Waals surface area contributed by atoms with Crippen LogP contribution in [-0.2, 0) is 6.42 Å². The minimum atomic E-state index is 0.676. The second kappa shape index (κ2) is 10.6. The first-order valence-corrected chi connectivity index (χ1v) is 7.82. The summed E-state index contributed by atoms with van der Waals surface area (Å²) in [6, 6.07) is 6.14. The Morgan fingerprint density at radius 3 is 2.55 bits per heavy atom. The van der Waals surface area contributed by atoms with Gasteiger partial charge in [0, 0.05) is 6.54 Å². The van der Waals surface area contributed by atoms with Crippen molar-refractivity contribution in [1.29, 1.82) is 0 Å². The van der Waals surface area contributed by atoms with Crippen LogP contribution in [-0.4, -0.2) is 26.8 Å². The van der Waals surface area contributed by atoms with Crippen LogP contribution in [0.4, 0.5) is 0 Å². The lowest BCUT2D eigenvalue weighted by Crippen LogP contribution is -2.22. The SMILES string of the molecule is CCCCCCNCCOc1ccc(CC)cc1OC. The number of methoxy groups -OCH3 is 1. The molecule has 20 heavy (non-hydrogen) atoms. The van der Waals surface area contributed by atoms with Crippen molar-refractivity contribution in [3.05, 3.63) is 23.8 Å². The third-order valence-electron chi connectivity index (χ3n) is 3.38. The number of rotatable bonds is 11. The molecule has 0 radical (unpaired) electrons. The molecule has 0 saturated carbocycles. The predicted octanol–water partition coefficient (Wildman–Crippen LogP) is 3.81. The molecule has 0 fully saturated rings. The van der Waals surface area contributed by atoms with Gasteiger partial charge in [0.1, 0.15) is 6.61 Å². The smallest absolute Gasteiger partial charge is 0.161 e. The molecule has 0 spiro atoms. The molecule has 0 heterocycles. The molecule has 1 rings (SSSR count). The summed E-state index contributed by atoms with van der Waals surface area (Å²) >= 11 is 0. The highest BCUT2D eigenvalue weighted by atomic mass is 16.5. The summed E-state index contributed by atoms with van der Waals surface area (Å²) in [5, 5.41) is 3.41. The van der Waals surface area contributed by atoms with Gasteiger partial charge in [0.05, 0.1) is 7.11 Å². The highest BCUT2D eigenvalue weighted by Gasteiger charge is 2.04. The van der Waals surface area contributed by atoms with Crippen molar-refractivity contribution in [2.45, 2.75) is 46.0 Å². The van der Waals surface area contributed by atoms with E-state index in [1.165, 1.54) is 31.2 Å². The zero-order chi connectivity index (χ0) is 14.6. The fraction of sp³-hybridized carbons (Fsp3) is 0.647. The first-order valence-electron chi connectivity index (χ1n) is 7.82. The topological polar surface area (TPSA) is 30.5 Å². The number of hydrogen-bond acceptors (Lipinski definition) is 3. The average molecular weight is 279 g/mol. The highest BCUT2D eigenvalue weighted by molar-refractivity contribution is 5.42. The normalized spacial score (nSPS) is 10.6. The van der Waals surface area contributed by atoms with E-state index in [0.29, 0.717) is 6.61 Å². The van der Waals surface area contributed by atoms with Gasteiger partial charge in [-0.25, -0.2) is 0 Å². The van der Waals surface area contributed by atoms with Gasteiger partial charge in [0.2, 0.25) is 0 Å². The number of hydrogen-bond donors (Lipinski definition) is 1. The van der Waals surface area contributed by atoms with Gasteiger partial charge >= 0.3 is 0 Å². The Morgan fingerprint density at radius 2 is 1.85 bits per heavy atom. The lowest BCUT2D eigenvalue weighted by molar-refractivity contribution is 0.292. The van der Waals surface area contributed by atoms with Crippen LogP contribution in [0.2, 0.25) is 0 Å². The molecule has 0 saturated heterocycles. The van der Waals surface area contributed by atoms with Crippen molar-refractivity contribution in [3.8, 4) is 11.5 Å². The molecular formula is C17H29NO2. The molecule has 0 bridgehead atoms. The molecular weight excluding hydrogens is 250 g/mol. The molecule has 0 atom stereocenters. The van der Waals surface area contributed by atoms with Crippen molar-refractivity contribution in [2.24, 2.45) is 0 Å². The van der Waals surface area contributed by atoms with Crippen molar-refractivity contribution in [1.82, 2.24) is 5.32 Å². The molecule has 0 unspecified atom stereocenters. The van der Waals surface area contributed by atoms with E-state index in [0.717, 1.165) is 31.0 Å². The third kappa shape index (κ3) is 6.29. The van der Waals surface area contributed by atoms with Gasteiger partial charge < -0.3 is 14.8 Å². The predicted molar refractivity (Wildman–Crippen MR) is 84.9 cm³/mol. The van der Waals surface area contributed by atoms with E-state index < -0.39 is 0 Å². The van der Waals surface area contributed by atoms with Gasteiger partial charge in [-0.1, -0.05) is 39.2 Å². The van der Waals surface area contributed by atoms with E-state index in [-0.39, 0.29) is 0 Å². The van der Waals surface area contributed by atoms with Gasteiger partial charge in [-0.15, -0.1) is 0 Å². The Bertz CT molecular complexity index is 366. The van der Waals surface area contributed by atoms with Gasteiger partial charge in [-0.3, -0.25) is 0 Å².